The summed E-state index contributed by atoms with van der Waals surface area (Å²) in [5, 5.41) is 0.855. The number of carbonyl (C=O) groups is 1. The minimum absolute atomic E-state index is 0.0224. The Bertz CT molecular complexity index is 1150. The van der Waals surface area contributed by atoms with Gasteiger partial charge in [0.05, 0.1) is 20.7 Å². The minimum atomic E-state index is -3.24. The topological polar surface area (TPSA) is 70.6 Å². The van der Waals surface area contributed by atoms with Crippen molar-refractivity contribution in [2.24, 2.45) is 0 Å². The van der Waals surface area contributed by atoms with Crippen molar-refractivity contribution in [2.75, 3.05) is 37.3 Å². The SMILES string of the molecule is CS(=O)(=O)c1ccc2nc(N3CCN(C(=O)c4ccccc4Br)CC3)sc2c1. The fourth-order valence-corrected chi connectivity index (χ4v) is 5.40. The van der Waals surface area contributed by atoms with Crippen molar-refractivity contribution in [3.05, 3.63) is 52.5 Å². The van der Waals surface area contributed by atoms with Gasteiger partial charge in [0.25, 0.3) is 5.91 Å². The number of hydrogen-bond acceptors (Lipinski definition) is 6. The number of piperazine rings is 1. The van der Waals surface area contributed by atoms with Crippen LogP contribution < -0.4 is 4.90 Å². The Labute approximate surface area is 175 Å². The number of hydrogen-bond donors (Lipinski definition) is 0. The van der Waals surface area contributed by atoms with E-state index in [2.05, 4.69) is 25.8 Å². The average molecular weight is 480 g/mol. The van der Waals surface area contributed by atoms with E-state index in [-0.39, 0.29) is 5.91 Å². The molecular weight excluding hydrogens is 462 g/mol. The van der Waals surface area contributed by atoms with E-state index in [0.717, 1.165) is 19.8 Å². The molecule has 4 rings (SSSR count). The number of aromatic nitrogens is 1. The van der Waals surface area contributed by atoms with Gasteiger partial charge >= 0.3 is 0 Å². The van der Waals surface area contributed by atoms with E-state index >= 15 is 0 Å². The molecule has 0 saturated carbocycles. The van der Waals surface area contributed by atoms with Crippen molar-refractivity contribution in [1.82, 2.24) is 9.88 Å². The van der Waals surface area contributed by atoms with Gasteiger partial charge in [-0.25, -0.2) is 13.4 Å². The molecule has 1 amide bonds. The quantitative estimate of drug-likeness (QED) is 0.575. The summed E-state index contributed by atoms with van der Waals surface area (Å²) in [5.74, 6) is 0.0224. The first-order valence-corrected chi connectivity index (χ1v) is 12.2. The molecule has 0 N–H and O–H groups in total. The summed E-state index contributed by atoms with van der Waals surface area (Å²) in [7, 11) is -3.24. The van der Waals surface area contributed by atoms with Crippen LogP contribution in [-0.2, 0) is 9.84 Å². The molecule has 1 fully saturated rings. The van der Waals surface area contributed by atoms with E-state index in [1.807, 2.05) is 29.2 Å². The molecule has 3 aromatic rings. The molecule has 2 heterocycles. The van der Waals surface area contributed by atoms with E-state index in [1.165, 1.54) is 17.6 Å². The first kappa shape index (κ1) is 19.4. The molecular formula is C19H18BrN3O3S2. The predicted octanol–water partition coefficient (Wildman–Crippen LogP) is 3.42. The molecule has 0 spiro atoms. The molecule has 1 aliphatic heterocycles. The fourth-order valence-electron chi connectivity index (χ4n) is 3.16. The normalized spacial score (nSPS) is 15.2. The maximum absolute atomic E-state index is 12.7. The third-order valence-corrected chi connectivity index (χ3v) is 7.60. The summed E-state index contributed by atoms with van der Waals surface area (Å²) >= 11 is 4.92. The van der Waals surface area contributed by atoms with Gasteiger partial charge in [-0.15, -0.1) is 0 Å². The first-order valence-electron chi connectivity index (χ1n) is 8.72. The Kier molecular flexibility index (Phi) is 5.15. The summed E-state index contributed by atoms with van der Waals surface area (Å²) in [6.07, 6.45) is 1.21. The van der Waals surface area contributed by atoms with Crippen LogP contribution in [0.25, 0.3) is 10.2 Å². The summed E-state index contributed by atoms with van der Waals surface area (Å²) < 4.78 is 25.2. The molecule has 0 aliphatic carbocycles. The molecule has 0 bridgehead atoms. The van der Waals surface area contributed by atoms with Gasteiger partial charge in [-0.05, 0) is 46.3 Å². The minimum Gasteiger partial charge on any atom is -0.345 e. The highest BCUT2D eigenvalue weighted by molar-refractivity contribution is 9.10. The van der Waals surface area contributed by atoms with E-state index in [1.54, 1.807) is 18.2 Å². The molecule has 2 aromatic carbocycles. The standard InChI is InChI=1S/C19H18BrN3O3S2/c1-28(25,26)13-6-7-16-17(12-13)27-19(21-16)23-10-8-22(9-11-23)18(24)14-4-2-3-5-15(14)20/h2-7,12H,8-11H2,1H3. The molecule has 146 valence electrons. The smallest absolute Gasteiger partial charge is 0.255 e. The average Bonchev–Trinajstić information content (AvgIpc) is 3.11. The number of halogens is 1. The van der Waals surface area contributed by atoms with Crippen molar-refractivity contribution in [3.8, 4) is 0 Å². The van der Waals surface area contributed by atoms with Gasteiger partial charge in [-0.1, -0.05) is 23.5 Å². The molecule has 0 unspecified atom stereocenters. The van der Waals surface area contributed by atoms with Gasteiger partial charge in [0.2, 0.25) is 0 Å². The number of sulfone groups is 1. The van der Waals surface area contributed by atoms with E-state index in [9.17, 15) is 13.2 Å². The fraction of sp³-hybridized carbons (Fsp3) is 0.263. The van der Waals surface area contributed by atoms with Crippen molar-refractivity contribution in [1.29, 1.82) is 0 Å². The predicted molar refractivity (Wildman–Crippen MR) is 115 cm³/mol. The Hall–Kier alpha value is -1.97. The van der Waals surface area contributed by atoms with Crippen molar-refractivity contribution in [3.63, 3.8) is 0 Å². The van der Waals surface area contributed by atoms with Crippen LogP contribution in [-0.4, -0.2) is 56.6 Å². The van der Waals surface area contributed by atoms with E-state index in [0.29, 0.717) is 36.6 Å². The molecule has 28 heavy (non-hydrogen) atoms. The molecule has 1 aliphatic rings. The summed E-state index contributed by atoms with van der Waals surface area (Å²) in [4.78, 5) is 21.7. The first-order chi connectivity index (χ1) is 13.3. The van der Waals surface area contributed by atoms with Gasteiger partial charge < -0.3 is 9.80 Å². The molecule has 1 saturated heterocycles. The highest BCUT2D eigenvalue weighted by Crippen LogP contribution is 2.31. The number of amides is 1. The lowest BCUT2D eigenvalue weighted by Crippen LogP contribution is -2.48. The second-order valence-corrected chi connectivity index (χ2v) is 10.5. The van der Waals surface area contributed by atoms with Gasteiger partial charge in [-0.3, -0.25) is 4.79 Å². The van der Waals surface area contributed by atoms with Crippen LogP contribution in [0.4, 0.5) is 5.13 Å². The zero-order valence-corrected chi connectivity index (χ0v) is 18.3. The van der Waals surface area contributed by atoms with Gasteiger partial charge in [-0.2, -0.15) is 0 Å². The monoisotopic (exact) mass is 479 g/mol. The lowest BCUT2D eigenvalue weighted by atomic mass is 10.2. The van der Waals surface area contributed by atoms with Crippen LogP contribution in [0.1, 0.15) is 10.4 Å². The zero-order valence-electron chi connectivity index (χ0n) is 15.1. The largest absolute Gasteiger partial charge is 0.345 e. The molecule has 1 aromatic heterocycles. The highest BCUT2D eigenvalue weighted by atomic mass is 79.9. The number of nitrogens with zero attached hydrogens (tertiary/aromatic N) is 3. The maximum Gasteiger partial charge on any atom is 0.255 e. The summed E-state index contributed by atoms with van der Waals surface area (Å²) in [6, 6.07) is 12.5. The van der Waals surface area contributed by atoms with Crippen molar-refractivity contribution >= 4 is 58.4 Å². The summed E-state index contributed by atoms with van der Waals surface area (Å²) in [5.41, 5.74) is 1.46. The lowest BCUT2D eigenvalue weighted by Gasteiger charge is -2.34. The van der Waals surface area contributed by atoms with Crippen LogP contribution in [0.3, 0.4) is 0 Å². The van der Waals surface area contributed by atoms with Crippen LogP contribution >= 0.6 is 27.3 Å². The second kappa shape index (κ2) is 7.46. The van der Waals surface area contributed by atoms with Gasteiger partial charge in [0, 0.05) is 36.9 Å². The number of anilines is 1. The van der Waals surface area contributed by atoms with Crippen LogP contribution in [0.5, 0.6) is 0 Å². The Morgan fingerprint density at radius 2 is 1.82 bits per heavy atom. The van der Waals surface area contributed by atoms with Crippen LogP contribution in [0, 0.1) is 0 Å². The molecule has 0 atom stereocenters. The number of benzene rings is 2. The number of rotatable bonds is 3. The van der Waals surface area contributed by atoms with Gasteiger partial charge in [0.15, 0.2) is 15.0 Å². The maximum atomic E-state index is 12.7. The third kappa shape index (κ3) is 3.78. The highest BCUT2D eigenvalue weighted by Gasteiger charge is 2.25. The lowest BCUT2D eigenvalue weighted by molar-refractivity contribution is 0.0746. The van der Waals surface area contributed by atoms with Gasteiger partial charge in [0.1, 0.15) is 0 Å². The number of fused-ring (bicyclic) bond motifs is 1. The van der Waals surface area contributed by atoms with E-state index < -0.39 is 9.84 Å². The summed E-state index contributed by atoms with van der Waals surface area (Å²) in [6.45, 7) is 2.61. The van der Waals surface area contributed by atoms with Crippen LogP contribution in [0.15, 0.2) is 51.8 Å². The molecule has 9 heteroatoms. The third-order valence-electron chi connectivity index (χ3n) is 4.72. The zero-order chi connectivity index (χ0) is 19.9. The van der Waals surface area contributed by atoms with Crippen molar-refractivity contribution in [2.45, 2.75) is 4.90 Å². The number of carbonyl (C=O) groups excluding carboxylic acids is 1. The number of thiazole rings is 1. The Morgan fingerprint density at radius 1 is 1.11 bits per heavy atom. The van der Waals surface area contributed by atoms with E-state index in [4.69, 9.17) is 0 Å². The van der Waals surface area contributed by atoms with Crippen LogP contribution in [0.2, 0.25) is 0 Å². The second-order valence-electron chi connectivity index (χ2n) is 6.66. The van der Waals surface area contributed by atoms with Crippen molar-refractivity contribution < 1.29 is 13.2 Å². The Morgan fingerprint density at radius 3 is 2.50 bits per heavy atom. The molecule has 0 radical (unpaired) electrons. The Balaban J connectivity index is 1.49. The molecule has 6 nitrogen and oxygen atoms in total.